The molecule has 1 amide bonds. The summed E-state index contributed by atoms with van der Waals surface area (Å²) >= 11 is 0. The first kappa shape index (κ1) is 26.7. The smallest absolute Gasteiger partial charge is 0.261 e. The fourth-order valence-electron chi connectivity index (χ4n) is 4.98. The van der Waals surface area contributed by atoms with E-state index in [0.717, 1.165) is 22.3 Å². The Morgan fingerprint density at radius 1 is 0.762 bits per heavy atom. The molecule has 0 unspecified atom stereocenters. The van der Waals surface area contributed by atoms with Crippen molar-refractivity contribution in [1.29, 1.82) is 0 Å². The number of anilines is 1. The molecule has 1 aromatic heterocycles. The summed E-state index contributed by atoms with van der Waals surface area (Å²) in [5.41, 5.74) is 5.77. The van der Waals surface area contributed by atoms with Crippen molar-refractivity contribution in [2.45, 2.75) is 13.0 Å². The second-order valence-electron chi connectivity index (χ2n) is 10.1. The van der Waals surface area contributed by atoms with Crippen molar-refractivity contribution in [2.24, 2.45) is 0 Å². The standard InChI is InChI=1S/C36H29N3O3/c1-42-31-19-16-29(17-20-31)35(40)37-30-18-21-33-32(23-30)36(41)39(34(38-33)22-25-8-4-2-5-9-25)24-26-12-14-28(15-13-26)27-10-6-3-7-11-27/h2-21,23H,22,24H2,1H3,(H,37,40). The molecule has 0 saturated carbocycles. The van der Waals surface area contributed by atoms with E-state index in [1.165, 1.54) is 0 Å². The number of nitrogens with zero attached hydrogens (tertiary/aromatic N) is 2. The molecule has 0 spiro atoms. The molecule has 0 atom stereocenters. The Balaban J connectivity index is 1.35. The monoisotopic (exact) mass is 551 g/mol. The van der Waals surface area contributed by atoms with E-state index in [-0.39, 0.29) is 11.5 Å². The summed E-state index contributed by atoms with van der Waals surface area (Å²) in [6.45, 7) is 0.376. The van der Waals surface area contributed by atoms with Gasteiger partial charge in [0.2, 0.25) is 0 Å². The normalized spacial score (nSPS) is 10.9. The summed E-state index contributed by atoms with van der Waals surface area (Å²) < 4.78 is 6.92. The number of aromatic nitrogens is 2. The zero-order valence-corrected chi connectivity index (χ0v) is 23.2. The quantitative estimate of drug-likeness (QED) is 0.222. The fraction of sp³-hybridized carbons (Fsp3) is 0.0833. The maximum absolute atomic E-state index is 14.0. The molecule has 0 radical (unpaired) electrons. The van der Waals surface area contributed by atoms with Gasteiger partial charge in [0.1, 0.15) is 11.6 Å². The van der Waals surface area contributed by atoms with Crippen molar-refractivity contribution in [3.05, 3.63) is 160 Å². The first-order valence-electron chi connectivity index (χ1n) is 13.7. The highest BCUT2D eigenvalue weighted by Gasteiger charge is 2.15. The third-order valence-corrected chi connectivity index (χ3v) is 7.25. The lowest BCUT2D eigenvalue weighted by Crippen LogP contribution is -2.26. The molecule has 6 heteroatoms. The summed E-state index contributed by atoms with van der Waals surface area (Å²) in [4.78, 5) is 31.8. The number of ether oxygens (including phenoxy) is 1. The van der Waals surface area contributed by atoms with Gasteiger partial charge in [-0.2, -0.15) is 0 Å². The molecule has 6 rings (SSSR count). The Bertz CT molecular complexity index is 1900. The molecule has 0 bridgehead atoms. The van der Waals surface area contributed by atoms with Crippen LogP contribution in [0.5, 0.6) is 5.75 Å². The fourth-order valence-corrected chi connectivity index (χ4v) is 4.98. The second-order valence-corrected chi connectivity index (χ2v) is 10.1. The molecule has 5 aromatic carbocycles. The lowest BCUT2D eigenvalue weighted by molar-refractivity contribution is 0.102. The molecule has 1 heterocycles. The Kier molecular flexibility index (Phi) is 7.60. The van der Waals surface area contributed by atoms with E-state index in [1.807, 2.05) is 48.5 Å². The summed E-state index contributed by atoms with van der Waals surface area (Å²) in [5.74, 6) is 1.08. The van der Waals surface area contributed by atoms with Gasteiger partial charge < -0.3 is 10.1 Å². The Hall–Kier alpha value is -5.49. The van der Waals surface area contributed by atoms with Crippen LogP contribution >= 0.6 is 0 Å². The molecule has 0 fully saturated rings. The highest BCUT2D eigenvalue weighted by Crippen LogP contribution is 2.22. The first-order valence-corrected chi connectivity index (χ1v) is 13.7. The molecule has 42 heavy (non-hydrogen) atoms. The number of fused-ring (bicyclic) bond motifs is 1. The van der Waals surface area contributed by atoms with Crippen molar-refractivity contribution >= 4 is 22.5 Å². The van der Waals surface area contributed by atoms with Crippen molar-refractivity contribution in [2.75, 3.05) is 12.4 Å². The second kappa shape index (κ2) is 11.9. The molecule has 1 N–H and O–H groups in total. The van der Waals surface area contributed by atoms with Crippen LogP contribution < -0.4 is 15.6 Å². The summed E-state index contributed by atoms with van der Waals surface area (Å²) in [6, 6.07) is 40.6. The van der Waals surface area contributed by atoms with E-state index in [0.29, 0.717) is 46.7 Å². The number of carbonyl (C=O) groups is 1. The van der Waals surface area contributed by atoms with E-state index in [4.69, 9.17) is 9.72 Å². The molecular weight excluding hydrogens is 522 g/mol. The average Bonchev–Trinajstić information content (AvgIpc) is 3.04. The van der Waals surface area contributed by atoms with Gasteiger partial charge in [-0.05, 0) is 64.7 Å². The van der Waals surface area contributed by atoms with E-state index in [9.17, 15) is 9.59 Å². The van der Waals surface area contributed by atoms with Crippen molar-refractivity contribution < 1.29 is 9.53 Å². The Morgan fingerprint density at radius 2 is 1.43 bits per heavy atom. The lowest BCUT2D eigenvalue weighted by atomic mass is 10.0. The minimum absolute atomic E-state index is 0.154. The average molecular weight is 552 g/mol. The number of methoxy groups -OCH3 is 1. The lowest BCUT2D eigenvalue weighted by Gasteiger charge is -2.15. The molecule has 0 saturated heterocycles. The number of hydrogen-bond acceptors (Lipinski definition) is 4. The zero-order valence-electron chi connectivity index (χ0n) is 23.2. The van der Waals surface area contributed by atoms with Gasteiger partial charge >= 0.3 is 0 Å². The predicted molar refractivity (Wildman–Crippen MR) is 167 cm³/mol. The van der Waals surface area contributed by atoms with Crippen molar-refractivity contribution in [1.82, 2.24) is 9.55 Å². The van der Waals surface area contributed by atoms with Gasteiger partial charge in [-0.15, -0.1) is 0 Å². The molecule has 0 aliphatic carbocycles. The van der Waals surface area contributed by atoms with Crippen LogP contribution in [-0.2, 0) is 13.0 Å². The predicted octanol–water partition coefficient (Wildman–Crippen LogP) is 6.96. The number of amides is 1. The van der Waals surface area contributed by atoms with Crippen LogP contribution in [0.4, 0.5) is 5.69 Å². The van der Waals surface area contributed by atoms with Crippen LogP contribution in [-0.4, -0.2) is 22.6 Å². The van der Waals surface area contributed by atoms with Gasteiger partial charge in [0, 0.05) is 17.7 Å². The van der Waals surface area contributed by atoms with Gasteiger partial charge in [-0.3, -0.25) is 14.2 Å². The first-order chi connectivity index (χ1) is 20.6. The number of benzene rings is 5. The van der Waals surface area contributed by atoms with E-state index >= 15 is 0 Å². The third kappa shape index (κ3) is 5.83. The van der Waals surface area contributed by atoms with Gasteiger partial charge in [0.15, 0.2) is 0 Å². The van der Waals surface area contributed by atoms with E-state index < -0.39 is 0 Å². The molecule has 206 valence electrons. The highest BCUT2D eigenvalue weighted by molar-refractivity contribution is 6.05. The van der Waals surface area contributed by atoms with Crippen LogP contribution in [0.3, 0.4) is 0 Å². The summed E-state index contributed by atoms with van der Waals surface area (Å²) in [5, 5.41) is 3.35. The van der Waals surface area contributed by atoms with Gasteiger partial charge in [-0.1, -0.05) is 84.9 Å². The Morgan fingerprint density at radius 3 is 2.12 bits per heavy atom. The van der Waals surface area contributed by atoms with Gasteiger partial charge in [0.05, 0.1) is 24.6 Å². The van der Waals surface area contributed by atoms with Crippen LogP contribution in [0.25, 0.3) is 22.0 Å². The molecule has 0 aliphatic heterocycles. The van der Waals surface area contributed by atoms with Crippen LogP contribution in [0, 0.1) is 0 Å². The van der Waals surface area contributed by atoms with Crippen molar-refractivity contribution in [3.63, 3.8) is 0 Å². The maximum atomic E-state index is 14.0. The van der Waals surface area contributed by atoms with Crippen LogP contribution in [0.15, 0.2) is 132 Å². The highest BCUT2D eigenvalue weighted by atomic mass is 16.5. The zero-order chi connectivity index (χ0) is 28.9. The topological polar surface area (TPSA) is 73.2 Å². The SMILES string of the molecule is COc1ccc(C(=O)Nc2ccc3nc(Cc4ccccc4)n(Cc4ccc(-c5ccccc5)cc4)c(=O)c3c2)cc1. The van der Waals surface area contributed by atoms with Crippen LogP contribution in [0.1, 0.15) is 27.3 Å². The van der Waals surface area contributed by atoms with Gasteiger partial charge in [-0.25, -0.2) is 4.98 Å². The summed E-state index contributed by atoms with van der Waals surface area (Å²) in [6.07, 6.45) is 0.518. The molecule has 6 nitrogen and oxygen atoms in total. The number of rotatable bonds is 8. The summed E-state index contributed by atoms with van der Waals surface area (Å²) in [7, 11) is 1.58. The van der Waals surface area contributed by atoms with E-state index in [2.05, 4.69) is 41.7 Å². The largest absolute Gasteiger partial charge is 0.497 e. The molecular formula is C36H29N3O3. The van der Waals surface area contributed by atoms with Crippen molar-refractivity contribution in [3.8, 4) is 16.9 Å². The Labute approximate surface area is 243 Å². The molecule has 6 aromatic rings. The minimum Gasteiger partial charge on any atom is -0.497 e. The van der Waals surface area contributed by atoms with Crippen LogP contribution in [0.2, 0.25) is 0 Å². The maximum Gasteiger partial charge on any atom is 0.261 e. The number of hydrogen-bond donors (Lipinski definition) is 1. The minimum atomic E-state index is -0.274. The molecule has 0 aliphatic rings. The number of nitrogens with one attached hydrogen (secondary N) is 1. The third-order valence-electron chi connectivity index (χ3n) is 7.25. The number of carbonyl (C=O) groups excluding carboxylic acids is 1. The van der Waals surface area contributed by atoms with E-state index in [1.54, 1.807) is 54.1 Å². The van der Waals surface area contributed by atoms with Gasteiger partial charge in [0.25, 0.3) is 11.5 Å².